The molecule has 0 heterocycles. The summed E-state index contributed by atoms with van der Waals surface area (Å²) in [5.74, 6) is -0.986. The Hall–Kier alpha value is -3.41. The summed E-state index contributed by atoms with van der Waals surface area (Å²) in [5, 5.41) is 0. The summed E-state index contributed by atoms with van der Waals surface area (Å²) in [7, 11) is 0. The van der Waals surface area contributed by atoms with E-state index >= 15 is 0 Å². The largest absolute Gasteiger partial charge is 0.462 e. The Morgan fingerprint density at radius 3 is 0.863 bits per heavy atom. The average molecular weight is 1120 g/mol. The summed E-state index contributed by atoms with van der Waals surface area (Å²) < 4.78 is 16.9. The van der Waals surface area contributed by atoms with Crippen LogP contribution in [0.25, 0.3) is 0 Å². The quantitative estimate of drug-likeness (QED) is 0.0261. The van der Waals surface area contributed by atoms with Crippen molar-refractivity contribution in [3.8, 4) is 0 Å². The lowest BCUT2D eigenvalue weighted by atomic mass is 10.0. The molecule has 462 valence electrons. The molecule has 0 aliphatic carbocycles. The minimum atomic E-state index is -0.813. The second-order valence-corrected chi connectivity index (χ2v) is 23.1. The van der Waals surface area contributed by atoms with Crippen LogP contribution in [-0.4, -0.2) is 37.2 Å². The van der Waals surface area contributed by atoms with Gasteiger partial charge in [0.05, 0.1) is 0 Å². The lowest BCUT2D eigenvalue weighted by Crippen LogP contribution is -2.30. The number of carbonyl (C=O) groups excluding carboxylic acids is 3. The van der Waals surface area contributed by atoms with Gasteiger partial charge in [-0.25, -0.2) is 0 Å². The van der Waals surface area contributed by atoms with Crippen LogP contribution >= 0.6 is 0 Å². The molecule has 0 fully saturated rings. The first-order valence-electron chi connectivity index (χ1n) is 34.6. The Balaban J connectivity index is 4.23. The van der Waals surface area contributed by atoms with E-state index in [1.165, 1.54) is 212 Å². The molecule has 0 bridgehead atoms. The summed E-state index contributed by atoms with van der Waals surface area (Å²) in [6.45, 7) is 6.47. The Morgan fingerprint density at radius 2 is 0.512 bits per heavy atom. The van der Waals surface area contributed by atoms with Gasteiger partial charge in [0.15, 0.2) is 6.10 Å². The standard InChI is InChI=1S/C74H130O6/c1-4-7-10-13-16-19-22-25-27-29-31-32-33-34-35-36-37-38-39-40-41-43-44-46-49-52-55-58-61-64-67-73(76)79-70-71(69-78-72(75)66-63-60-57-54-51-48-24-21-18-15-12-9-6-3)80-74(77)68-65-62-59-56-53-50-47-45-42-30-28-26-23-20-17-14-11-8-5-2/h9,12,17-18,20-21,26,28,42,45,48,51,57,60,71H,4-8,10-11,13-16,19,22-25,27,29-41,43-44,46-47,49-50,52-56,58-59,61-70H2,1-3H3/b12-9-,20-17-,21-18-,28-26-,45-42-,51-48-,60-57-. The number of esters is 3. The summed E-state index contributed by atoms with van der Waals surface area (Å²) in [6, 6.07) is 0. The molecule has 6 nitrogen and oxygen atoms in total. The number of allylic oxidation sites excluding steroid dienone is 14. The molecule has 0 aromatic carbocycles. The molecule has 0 N–H and O–H groups in total. The lowest BCUT2D eigenvalue weighted by Gasteiger charge is -2.18. The second kappa shape index (κ2) is 68.1. The monoisotopic (exact) mass is 1110 g/mol. The number of unbranched alkanes of at least 4 members (excludes halogenated alkanes) is 38. The molecule has 0 aliphatic rings. The van der Waals surface area contributed by atoms with Gasteiger partial charge in [-0.15, -0.1) is 0 Å². The van der Waals surface area contributed by atoms with Crippen molar-refractivity contribution in [1.82, 2.24) is 0 Å². The van der Waals surface area contributed by atoms with Gasteiger partial charge in [0, 0.05) is 19.3 Å². The van der Waals surface area contributed by atoms with E-state index in [2.05, 4.69) is 99.8 Å². The zero-order valence-corrected chi connectivity index (χ0v) is 53.1. The number of ether oxygens (including phenoxy) is 3. The molecule has 0 saturated carbocycles. The smallest absolute Gasteiger partial charge is 0.306 e. The molecule has 0 saturated heterocycles. The van der Waals surface area contributed by atoms with Gasteiger partial charge >= 0.3 is 17.9 Å². The average Bonchev–Trinajstić information content (AvgIpc) is 3.46. The minimum Gasteiger partial charge on any atom is -0.462 e. The fourth-order valence-electron chi connectivity index (χ4n) is 10.00. The lowest BCUT2D eigenvalue weighted by molar-refractivity contribution is -0.166. The maximum atomic E-state index is 12.9. The van der Waals surface area contributed by atoms with E-state index < -0.39 is 6.10 Å². The normalized spacial score (nSPS) is 12.6. The fraction of sp³-hybridized carbons (Fsp3) is 0.770. The van der Waals surface area contributed by atoms with Crippen molar-refractivity contribution >= 4 is 17.9 Å². The molecule has 0 radical (unpaired) electrons. The van der Waals surface area contributed by atoms with Gasteiger partial charge in [-0.1, -0.05) is 331 Å². The van der Waals surface area contributed by atoms with Crippen molar-refractivity contribution in [3.05, 3.63) is 85.1 Å². The maximum absolute atomic E-state index is 12.9. The molecule has 0 aliphatic heterocycles. The predicted octanol–water partition coefficient (Wildman–Crippen LogP) is 23.8. The van der Waals surface area contributed by atoms with Gasteiger partial charge in [0.1, 0.15) is 13.2 Å². The molecule has 0 aromatic rings. The minimum absolute atomic E-state index is 0.102. The van der Waals surface area contributed by atoms with E-state index in [1.54, 1.807) is 0 Å². The van der Waals surface area contributed by atoms with Gasteiger partial charge in [-0.05, 0) is 83.5 Å². The van der Waals surface area contributed by atoms with Crippen LogP contribution in [0.4, 0.5) is 0 Å². The molecular weight excluding hydrogens is 985 g/mol. The maximum Gasteiger partial charge on any atom is 0.306 e. The Labute approximate surface area is 496 Å². The number of hydrogen-bond acceptors (Lipinski definition) is 6. The molecule has 0 amide bonds. The van der Waals surface area contributed by atoms with Crippen LogP contribution in [0.2, 0.25) is 0 Å². The highest BCUT2D eigenvalue weighted by Crippen LogP contribution is 2.18. The van der Waals surface area contributed by atoms with Crippen molar-refractivity contribution in [1.29, 1.82) is 0 Å². The van der Waals surface area contributed by atoms with Crippen LogP contribution in [0, 0.1) is 0 Å². The first-order valence-corrected chi connectivity index (χ1v) is 34.6. The molecule has 6 heteroatoms. The molecule has 0 aromatic heterocycles. The van der Waals surface area contributed by atoms with Crippen molar-refractivity contribution in [2.45, 2.75) is 354 Å². The number of carbonyl (C=O) groups is 3. The third-order valence-corrected chi connectivity index (χ3v) is 15.1. The van der Waals surface area contributed by atoms with Crippen LogP contribution in [0.3, 0.4) is 0 Å². The van der Waals surface area contributed by atoms with Gasteiger partial charge in [0.2, 0.25) is 0 Å². The molecule has 1 unspecified atom stereocenters. The van der Waals surface area contributed by atoms with Crippen molar-refractivity contribution in [3.63, 3.8) is 0 Å². The van der Waals surface area contributed by atoms with E-state index in [0.29, 0.717) is 19.3 Å². The SMILES string of the molecule is CC/C=C\C/C=C\C/C=C\C/C=C\CCC(=O)OCC(COC(=O)CCCCCCCCCCCCCCCCCCCCCCCCCCCCCCCC)OC(=O)CCCCCCCC/C=C\C/C=C\C/C=C\CCCCC. The third-order valence-electron chi connectivity index (χ3n) is 15.1. The van der Waals surface area contributed by atoms with Gasteiger partial charge in [0.25, 0.3) is 0 Å². The van der Waals surface area contributed by atoms with Crippen molar-refractivity contribution in [2.24, 2.45) is 0 Å². The molecule has 0 spiro atoms. The fourth-order valence-corrected chi connectivity index (χ4v) is 10.00. The summed E-state index contributed by atoms with van der Waals surface area (Å²) in [4.78, 5) is 38.3. The van der Waals surface area contributed by atoms with Gasteiger partial charge < -0.3 is 14.2 Å². The summed E-state index contributed by atoms with van der Waals surface area (Å²) in [5.41, 5.74) is 0. The molecule has 80 heavy (non-hydrogen) atoms. The highest BCUT2D eigenvalue weighted by molar-refractivity contribution is 5.71. The third kappa shape index (κ3) is 65.4. The van der Waals surface area contributed by atoms with E-state index in [4.69, 9.17) is 14.2 Å². The Bertz CT molecular complexity index is 1520. The Kier molecular flexibility index (Phi) is 65.2. The van der Waals surface area contributed by atoms with E-state index in [1.807, 2.05) is 6.08 Å². The zero-order valence-electron chi connectivity index (χ0n) is 53.1. The van der Waals surface area contributed by atoms with Crippen LogP contribution < -0.4 is 0 Å². The summed E-state index contributed by atoms with van der Waals surface area (Å²) in [6.07, 6.45) is 90.7. The topological polar surface area (TPSA) is 78.9 Å². The predicted molar refractivity (Wildman–Crippen MR) is 348 cm³/mol. The van der Waals surface area contributed by atoms with Gasteiger partial charge in [-0.3, -0.25) is 14.4 Å². The number of hydrogen-bond donors (Lipinski definition) is 0. The first-order chi connectivity index (χ1) is 39.5. The molecule has 0 rings (SSSR count). The van der Waals surface area contributed by atoms with E-state index in [-0.39, 0.29) is 37.5 Å². The second-order valence-electron chi connectivity index (χ2n) is 23.1. The molecular formula is C74H130O6. The van der Waals surface area contributed by atoms with E-state index in [9.17, 15) is 14.4 Å². The summed E-state index contributed by atoms with van der Waals surface area (Å²) >= 11 is 0. The molecule has 1 atom stereocenters. The van der Waals surface area contributed by atoms with Crippen LogP contribution in [0.1, 0.15) is 348 Å². The van der Waals surface area contributed by atoms with E-state index in [0.717, 1.165) is 89.9 Å². The zero-order chi connectivity index (χ0) is 57.8. The highest BCUT2D eigenvalue weighted by Gasteiger charge is 2.19. The van der Waals surface area contributed by atoms with Crippen LogP contribution in [0.5, 0.6) is 0 Å². The van der Waals surface area contributed by atoms with Crippen molar-refractivity contribution < 1.29 is 28.6 Å². The Morgan fingerprint density at radius 1 is 0.263 bits per heavy atom. The first kappa shape index (κ1) is 76.6. The van der Waals surface area contributed by atoms with Crippen LogP contribution in [-0.2, 0) is 28.6 Å². The number of rotatable bonds is 63. The van der Waals surface area contributed by atoms with Crippen LogP contribution in [0.15, 0.2) is 85.1 Å². The van der Waals surface area contributed by atoms with Gasteiger partial charge in [-0.2, -0.15) is 0 Å². The highest BCUT2D eigenvalue weighted by atomic mass is 16.6. The van der Waals surface area contributed by atoms with Crippen molar-refractivity contribution in [2.75, 3.05) is 13.2 Å².